The van der Waals surface area contributed by atoms with Crippen LogP contribution in [0.1, 0.15) is 44.9 Å². The second-order valence-electron chi connectivity index (χ2n) is 6.37. The van der Waals surface area contributed by atoms with Crippen molar-refractivity contribution >= 4 is 17.8 Å². The number of alkyl halides is 2. The molecule has 0 bridgehead atoms. The zero-order valence-electron chi connectivity index (χ0n) is 13.2. The predicted octanol–water partition coefficient (Wildman–Crippen LogP) is 1.65. The number of likely N-dealkylation sites (tertiary alicyclic amines) is 1. The smallest absolute Gasteiger partial charge is 0.315 e. The van der Waals surface area contributed by atoms with Crippen molar-refractivity contribution in [1.29, 1.82) is 0 Å². The van der Waals surface area contributed by atoms with Crippen LogP contribution < -0.4 is 10.6 Å². The van der Waals surface area contributed by atoms with E-state index in [2.05, 4.69) is 10.6 Å². The van der Waals surface area contributed by atoms with Gasteiger partial charge in [-0.1, -0.05) is 0 Å². The van der Waals surface area contributed by atoms with Crippen molar-refractivity contribution in [2.24, 2.45) is 5.92 Å². The number of likely N-dealkylation sites (N-methyl/N-ethyl adjacent to an activating group) is 1. The van der Waals surface area contributed by atoms with Crippen LogP contribution in [-0.2, 0) is 9.59 Å². The minimum absolute atomic E-state index is 0.0825. The van der Waals surface area contributed by atoms with Crippen LogP contribution in [0.4, 0.5) is 13.6 Å². The summed E-state index contributed by atoms with van der Waals surface area (Å²) in [6, 6.07) is -1.15. The second-order valence-corrected chi connectivity index (χ2v) is 6.37. The topological polar surface area (TPSA) is 78.5 Å². The van der Waals surface area contributed by atoms with E-state index in [1.807, 2.05) is 0 Å². The van der Waals surface area contributed by atoms with Crippen LogP contribution >= 0.6 is 0 Å². The van der Waals surface area contributed by atoms with E-state index in [0.29, 0.717) is 32.2 Å². The SMILES string of the molecule is CN1C(=O)CCC(NC(=O)NCCC2CCC(F)(F)CC2)C1=O. The zero-order valence-corrected chi connectivity index (χ0v) is 13.2. The van der Waals surface area contributed by atoms with Gasteiger partial charge < -0.3 is 10.6 Å². The Bertz CT molecular complexity index is 475. The molecule has 1 unspecified atom stereocenters. The van der Waals surface area contributed by atoms with E-state index in [1.165, 1.54) is 7.05 Å². The Morgan fingerprint density at radius 3 is 2.57 bits per heavy atom. The Kier molecular flexibility index (Phi) is 5.54. The number of hydrogen-bond acceptors (Lipinski definition) is 3. The van der Waals surface area contributed by atoms with Crippen LogP contribution in [0.15, 0.2) is 0 Å². The lowest BCUT2D eigenvalue weighted by Gasteiger charge is -2.29. The summed E-state index contributed by atoms with van der Waals surface area (Å²) in [7, 11) is 1.40. The first kappa shape index (κ1) is 17.6. The van der Waals surface area contributed by atoms with E-state index in [4.69, 9.17) is 0 Å². The molecule has 1 heterocycles. The van der Waals surface area contributed by atoms with E-state index < -0.39 is 23.9 Å². The maximum atomic E-state index is 13.0. The highest BCUT2D eigenvalue weighted by atomic mass is 19.3. The Hall–Kier alpha value is -1.73. The van der Waals surface area contributed by atoms with E-state index in [9.17, 15) is 23.2 Å². The van der Waals surface area contributed by atoms with Crippen LogP contribution in [0, 0.1) is 5.92 Å². The Balaban J connectivity index is 1.66. The number of amides is 4. The maximum absolute atomic E-state index is 13.0. The van der Waals surface area contributed by atoms with Crippen molar-refractivity contribution in [2.75, 3.05) is 13.6 Å². The van der Waals surface area contributed by atoms with Gasteiger partial charge in [-0.25, -0.2) is 13.6 Å². The van der Waals surface area contributed by atoms with Crippen molar-refractivity contribution in [3.8, 4) is 0 Å². The first-order valence-corrected chi connectivity index (χ1v) is 8.01. The van der Waals surface area contributed by atoms with Crippen LogP contribution in [-0.4, -0.2) is 48.3 Å². The Labute approximate surface area is 134 Å². The lowest BCUT2D eigenvalue weighted by atomic mass is 9.85. The van der Waals surface area contributed by atoms with Gasteiger partial charge in [-0.3, -0.25) is 14.5 Å². The van der Waals surface area contributed by atoms with Gasteiger partial charge in [0.15, 0.2) is 0 Å². The number of nitrogens with zero attached hydrogens (tertiary/aromatic N) is 1. The third-order valence-corrected chi connectivity index (χ3v) is 4.63. The fourth-order valence-electron chi connectivity index (χ4n) is 3.04. The molecule has 0 aromatic carbocycles. The molecule has 0 aromatic heterocycles. The fourth-order valence-corrected chi connectivity index (χ4v) is 3.04. The minimum Gasteiger partial charge on any atom is -0.338 e. The summed E-state index contributed by atoms with van der Waals surface area (Å²) in [6.45, 7) is 0.387. The highest BCUT2D eigenvalue weighted by Crippen LogP contribution is 2.37. The van der Waals surface area contributed by atoms with Crippen LogP contribution in [0.3, 0.4) is 0 Å². The zero-order chi connectivity index (χ0) is 17.0. The summed E-state index contributed by atoms with van der Waals surface area (Å²) in [5, 5.41) is 5.21. The first-order valence-electron chi connectivity index (χ1n) is 8.01. The number of carbonyl (C=O) groups is 3. The number of rotatable bonds is 4. The molecule has 1 aliphatic heterocycles. The molecule has 2 rings (SSSR count). The Morgan fingerprint density at radius 1 is 1.26 bits per heavy atom. The normalized spacial score (nSPS) is 25.3. The summed E-state index contributed by atoms with van der Waals surface area (Å²) in [4.78, 5) is 36.0. The monoisotopic (exact) mass is 331 g/mol. The van der Waals surface area contributed by atoms with Gasteiger partial charge in [-0.05, 0) is 31.6 Å². The quantitative estimate of drug-likeness (QED) is 0.769. The van der Waals surface area contributed by atoms with E-state index in [0.717, 1.165) is 4.90 Å². The second kappa shape index (κ2) is 7.23. The Morgan fingerprint density at radius 2 is 1.91 bits per heavy atom. The van der Waals surface area contributed by atoms with Gasteiger partial charge in [-0.2, -0.15) is 0 Å². The van der Waals surface area contributed by atoms with Gasteiger partial charge in [0.1, 0.15) is 6.04 Å². The van der Waals surface area contributed by atoms with Crippen molar-refractivity contribution < 1.29 is 23.2 Å². The highest BCUT2D eigenvalue weighted by Gasteiger charge is 2.35. The number of hydrogen-bond donors (Lipinski definition) is 2. The molecule has 0 aromatic rings. The maximum Gasteiger partial charge on any atom is 0.315 e. The number of urea groups is 1. The standard InChI is InChI=1S/C15H23F2N3O3/c1-20-12(21)3-2-11(13(20)22)19-14(23)18-9-6-10-4-7-15(16,17)8-5-10/h10-11H,2-9H2,1H3,(H2,18,19,23). The predicted molar refractivity (Wildman–Crippen MR) is 78.9 cm³/mol. The van der Waals surface area contributed by atoms with E-state index >= 15 is 0 Å². The molecule has 1 saturated heterocycles. The van der Waals surface area contributed by atoms with Gasteiger partial charge >= 0.3 is 6.03 Å². The first-order chi connectivity index (χ1) is 10.8. The van der Waals surface area contributed by atoms with Gasteiger partial charge in [0, 0.05) is 32.9 Å². The molecule has 2 aliphatic rings. The van der Waals surface area contributed by atoms with E-state index in [1.54, 1.807) is 0 Å². The van der Waals surface area contributed by atoms with Gasteiger partial charge in [0.25, 0.3) is 5.91 Å². The van der Waals surface area contributed by atoms with Crippen LogP contribution in [0.2, 0.25) is 0 Å². The van der Waals surface area contributed by atoms with Crippen LogP contribution in [0.5, 0.6) is 0 Å². The fraction of sp³-hybridized carbons (Fsp3) is 0.800. The molecule has 1 atom stereocenters. The van der Waals surface area contributed by atoms with Crippen molar-refractivity contribution in [3.63, 3.8) is 0 Å². The molecule has 1 aliphatic carbocycles. The lowest BCUT2D eigenvalue weighted by Crippen LogP contribution is -2.54. The van der Waals surface area contributed by atoms with Crippen molar-refractivity contribution in [2.45, 2.75) is 56.9 Å². The number of nitrogens with one attached hydrogen (secondary N) is 2. The number of piperidine rings is 1. The summed E-state index contributed by atoms with van der Waals surface area (Å²) in [6.07, 6.45) is 1.97. The molecule has 1 saturated carbocycles. The minimum atomic E-state index is -2.54. The third kappa shape index (κ3) is 4.87. The lowest BCUT2D eigenvalue weighted by molar-refractivity contribution is -0.147. The number of carbonyl (C=O) groups excluding carboxylic acids is 3. The van der Waals surface area contributed by atoms with Gasteiger partial charge in [0.2, 0.25) is 11.8 Å². The molecule has 2 N–H and O–H groups in total. The van der Waals surface area contributed by atoms with Crippen LogP contribution in [0.25, 0.3) is 0 Å². The van der Waals surface area contributed by atoms with Gasteiger partial charge in [-0.15, -0.1) is 0 Å². The molecule has 2 fully saturated rings. The molecular formula is C15H23F2N3O3. The summed E-state index contributed by atoms with van der Waals surface area (Å²) < 4.78 is 26.1. The third-order valence-electron chi connectivity index (χ3n) is 4.63. The van der Waals surface area contributed by atoms with Gasteiger partial charge in [0.05, 0.1) is 0 Å². The molecule has 0 radical (unpaired) electrons. The molecule has 130 valence electrons. The highest BCUT2D eigenvalue weighted by molar-refractivity contribution is 6.01. The largest absolute Gasteiger partial charge is 0.338 e. The number of imide groups is 1. The summed E-state index contributed by atoms with van der Waals surface area (Å²) >= 11 is 0. The van der Waals surface area contributed by atoms with Crippen molar-refractivity contribution in [1.82, 2.24) is 15.5 Å². The average Bonchev–Trinajstić information content (AvgIpc) is 2.50. The molecule has 23 heavy (non-hydrogen) atoms. The molecule has 6 nitrogen and oxygen atoms in total. The summed E-state index contributed by atoms with van der Waals surface area (Å²) in [5.41, 5.74) is 0. The molecule has 0 spiro atoms. The summed E-state index contributed by atoms with van der Waals surface area (Å²) in [5.74, 6) is -2.99. The average molecular weight is 331 g/mol. The van der Waals surface area contributed by atoms with E-state index in [-0.39, 0.29) is 31.1 Å². The number of halogens is 2. The molecule has 8 heteroatoms. The van der Waals surface area contributed by atoms with Crippen molar-refractivity contribution in [3.05, 3.63) is 0 Å². The molecule has 4 amide bonds. The molecular weight excluding hydrogens is 308 g/mol.